The maximum atomic E-state index is 13.7. The van der Waals surface area contributed by atoms with Crippen LogP contribution >= 0.6 is 0 Å². The van der Waals surface area contributed by atoms with Crippen molar-refractivity contribution < 1.29 is 47.9 Å². The van der Waals surface area contributed by atoms with Gasteiger partial charge in [-0.05, 0) is 91.8 Å². The van der Waals surface area contributed by atoms with Crippen molar-refractivity contribution in [3.63, 3.8) is 0 Å². The Morgan fingerprint density at radius 3 is 2.20 bits per heavy atom. The second kappa shape index (κ2) is 29.3. The predicted molar refractivity (Wildman–Crippen MR) is 285 cm³/mol. The number of amidine groups is 1. The molecule has 400 valence electrons. The van der Waals surface area contributed by atoms with Crippen LogP contribution in [0.1, 0.15) is 144 Å². The average molecular weight is 1030 g/mol. The van der Waals surface area contributed by atoms with Crippen molar-refractivity contribution in [2.24, 2.45) is 34.2 Å². The molecule has 0 saturated heterocycles. The minimum Gasteiger partial charge on any atom is -0.461 e. The van der Waals surface area contributed by atoms with E-state index in [0.29, 0.717) is 82.7 Å². The van der Waals surface area contributed by atoms with Crippen LogP contribution in [-0.4, -0.2) is 87.8 Å². The number of imide groups is 1. The van der Waals surface area contributed by atoms with Crippen LogP contribution in [0.3, 0.4) is 0 Å². The number of ketones is 3. The lowest BCUT2D eigenvalue weighted by atomic mass is 9.87. The van der Waals surface area contributed by atoms with Crippen molar-refractivity contribution in [3.8, 4) is 0 Å². The highest BCUT2D eigenvalue weighted by molar-refractivity contribution is 6.13. The van der Waals surface area contributed by atoms with Gasteiger partial charge in [-0.25, -0.2) is 9.79 Å². The number of ether oxygens (including phenoxy) is 1. The zero-order chi connectivity index (χ0) is 54.4. The largest absolute Gasteiger partial charge is 0.461 e. The highest BCUT2D eigenvalue weighted by atomic mass is 16.5. The zero-order valence-corrected chi connectivity index (χ0v) is 43.6. The first kappa shape index (κ1) is 58.3. The fourth-order valence-electron chi connectivity index (χ4n) is 9.02. The van der Waals surface area contributed by atoms with E-state index in [9.17, 15) is 43.2 Å². The molecule has 7 N–H and O–H groups in total. The number of urea groups is 1. The Morgan fingerprint density at radius 1 is 0.813 bits per heavy atom. The van der Waals surface area contributed by atoms with Gasteiger partial charge in [-0.3, -0.25) is 48.2 Å². The van der Waals surface area contributed by atoms with Crippen LogP contribution in [0.25, 0.3) is 6.08 Å². The Morgan fingerprint density at radius 2 is 1.52 bits per heavy atom. The number of esters is 1. The number of nitrogens with two attached hydrogens (primary N) is 2. The van der Waals surface area contributed by atoms with E-state index < -0.39 is 35.8 Å². The molecule has 0 fully saturated rings. The summed E-state index contributed by atoms with van der Waals surface area (Å²) >= 11 is 0. The third kappa shape index (κ3) is 18.7. The third-order valence-electron chi connectivity index (χ3n) is 13.2. The van der Waals surface area contributed by atoms with Gasteiger partial charge in [-0.1, -0.05) is 77.3 Å². The van der Waals surface area contributed by atoms with Crippen LogP contribution in [0.15, 0.2) is 83.6 Å². The first-order valence-corrected chi connectivity index (χ1v) is 26.1. The lowest BCUT2D eigenvalue weighted by molar-refractivity contribution is -0.145. The van der Waals surface area contributed by atoms with Crippen LogP contribution in [0, 0.1) is 17.8 Å². The summed E-state index contributed by atoms with van der Waals surface area (Å²) in [7, 11) is 0. The van der Waals surface area contributed by atoms with Gasteiger partial charge < -0.3 is 32.2 Å². The van der Waals surface area contributed by atoms with E-state index in [4.69, 9.17) is 16.2 Å². The number of primary amides is 1. The number of amides is 6. The SMILES string of the molecule is CCCC(CCC)C(=O)C1=Cc2ccc(C(=O)Nc3cncc(CCC(=O)OCc4ccc(CC(=O)[C@H](CCCNC(N)=O)NC(=O)[C@@H](CC(=O)CCCCCN5C(=O)C=CC5=O)C(C)C)cc4)c3)cc2N=C(N)C1. The number of hydrogen-bond donors (Lipinski definition) is 5. The summed E-state index contributed by atoms with van der Waals surface area (Å²) < 4.78 is 5.54. The first-order chi connectivity index (χ1) is 35.9. The molecule has 0 spiro atoms. The van der Waals surface area contributed by atoms with Gasteiger partial charge in [0.25, 0.3) is 17.7 Å². The van der Waals surface area contributed by atoms with Gasteiger partial charge in [0.05, 0.1) is 23.6 Å². The number of aromatic nitrogens is 1. The number of nitrogens with one attached hydrogen (secondary N) is 3. The molecule has 0 unspecified atom stereocenters. The summed E-state index contributed by atoms with van der Waals surface area (Å²) in [5.74, 6) is -2.89. The molecule has 3 heterocycles. The normalized spacial score (nSPS) is 13.9. The van der Waals surface area contributed by atoms with Gasteiger partial charge in [0.15, 0.2) is 11.6 Å². The van der Waals surface area contributed by atoms with Crippen molar-refractivity contribution in [1.82, 2.24) is 20.5 Å². The molecule has 6 amide bonds. The molecular formula is C57H72N8O10. The molecule has 18 nitrogen and oxygen atoms in total. The van der Waals surface area contributed by atoms with E-state index in [0.717, 1.165) is 30.6 Å². The molecule has 2 aliphatic heterocycles. The summed E-state index contributed by atoms with van der Waals surface area (Å²) in [4.78, 5) is 125. The molecule has 2 atom stereocenters. The Bertz CT molecular complexity index is 2630. The number of aryl methyl sites for hydroxylation is 1. The van der Waals surface area contributed by atoms with E-state index in [1.807, 2.05) is 19.9 Å². The van der Waals surface area contributed by atoms with Crippen molar-refractivity contribution in [2.75, 3.05) is 18.4 Å². The number of hydrogen-bond acceptors (Lipinski definition) is 13. The summed E-state index contributed by atoms with van der Waals surface area (Å²) in [5, 5.41) is 8.24. The Kier molecular flexibility index (Phi) is 22.8. The van der Waals surface area contributed by atoms with Crippen LogP contribution in [0.5, 0.6) is 0 Å². The van der Waals surface area contributed by atoms with Crippen molar-refractivity contribution in [1.29, 1.82) is 0 Å². The summed E-state index contributed by atoms with van der Waals surface area (Å²) in [6.07, 6.45) is 13.9. The van der Waals surface area contributed by atoms with Crippen LogP contribution in [0.4, 0.5) is 16.2 Å². The Balaban J connectivity index is 1.09. The van der Waals surface area contributed by atoms with Crippen molar-refractivity contribution >= 4 is 76.3 Å². The van der Waals surface area contributed by atoms with Gasteiger partial charge in [-0.2, -0.15) is 0 Å². The standard InChI is InChI=1S/C57H72N8O10/c1-5-11-40(12-6-2)54(71)43-29-41-20-21-42(30-48(41)63-50(58)31-43)55(72)62-44-27-39(33-60-34-44)19-24-53(70)75-35-38-17-15-37(16-18-38)28-49(67)47(14-10-25-61-57(59)74)64-56(73)46(36(3)4)32-45(66)13-8-7-9-26-65-51(68)22-23-52(65)69/h15-18,20-23,27,29-30,33-34,36,40,46-47H,5-14,19,24-26,28,31-32,35H2,1-4H3,(H2,58,63)(H,62,72)(H,64,73)(H3,59,61,74)/t46-,47-/m0/s1. The molecule has 0 aliphatic carbocycles. The smallest absolute Gasteiger partial charge is 0.312 e. The number of anilines is 1. The van der Waals surface area contributed by atoms with Crippen molar-refractivity contribution in [3.05, 3.63) is 106 Å². The average Bonchev–Trinajstić information content (AvgIpc) is 3.59. The number of nitrogens with zero attached hydrogens (tertiary/aromatic N) is 3. The van der Waals surface area contributed by atoms with Gasteiger partial charge in [0.2, 0.25) is 5.91 Å². The number of Topliss-reactive ketones (excluding diaryl/α,β-unsaturated/α-hetero) is 3. The highest BCUT2D eigenvalue weighted by Gasteiger charge is 2.30. The zero-order valence-electron chi connectivity index (χ0n) is 43.6. The van der Waals surface area contributed by atoms with Gasteiger partial charge in [0, 0.05) is 92.1 Å². The van der Waals surface area contributed by atoms with Gasteiger partial charge >= 0.3 is 12.0 Å². The number of carbonyl (C=O) groups is 9. The van der Waals surface area contributed by atoms with Gasteiger partial charge in [0.1, 0.15) is 18.2 Å². The molecule has 1 aromatic heterocycles. The molecule has 75 heavy (non-hydrogen) atoms. The third-order valence-corrected chi connectivity index (χ3v) is 13.2. The minimum atomic E-state index is -0.906. The number of benzene rings is 2. The molecule has 0 bridgehead atoms. The lowest BCUT2D eigenvalue weighted by Crippen LogP contribution is -2.46. The molecule has 3 aromatic rings. The monoisotopic (exact) mass is 1030 g/mol. The summed E-state index contributed by atoms with van der Waals surface area (Å²) in [6, 6.07) is 12.2. The number of aliphatic imine (C=N–C) groups is 1. The van der Waals surface area contributed by atoms with Crippen molar-refractivity contribution in [2.45, 2.75) is 137 Å². The number of unbranched alkanes of at least 4 members (excludes halogenated alkanes) is 2. The van der Waals surface area contributed by atoms with E-state index in [1.165, 1.54) is 18.3 Å². The quantitative estimate of drug-likeness (QED) is 0.0241. The molecule has 2 aromatic carbocycles. The number of fused-ring (bicyclic) bond motifs is 1. The predicted octanol–water partition coefficient (Wildman–Crippen LogP) is 7.33. The van der Waals surface area contributed by atoms with Gasteiger partial charge in [-0.15, -0.1) is 0 Å². The molecule has 2 aliphatic rings. The summed E-state index contributed by atoms with van der Waals surface area (Å²) in [6.45, 7) is 8.28. The topological polar surface area (TPSA) is 279 Å². The number of pyridine rings is 1. The molecular weight excluding hydrogens is 957 g/mol. The summed E-state index contributed by atoms with van der Waals surface area (Å²) in [5.41, 5.74) is 16.1. The second-order valence-corrected chi connectivity index (χ2v) is 19.6. The fraction of sp³-hybridized carbons (Fsp3) is 0.456. The van der Waals surface area contributed by atoms with Crippen LogP contribution in [0.2, 0.25) is 0 Å². The van der Waals surface area contributed by atoms with E-state index in [1.54, 1.807) is 54.7 Å². The number of carbonyl (C=O) groups excluding carboxylic acids is 9. The van der Waals surface area contributed by atoms with E-state index >= 15 is 0 Å². The lowest BCUT2D eigenvalue weighted by Gasteiger charge is -2.24. The van der Waals surface area contributed by atoms with E-state index in [-0.39, 0.29) is 99.2 Å². The number of rotatable bonds is 31. The molecule has 0 saturated carbocycles. The first-order valence-electron chi connectivity index (χ1n) is 26.1. The Hall–Kier alpha value is -7.63. The van der Waals surface area contributed by atoms with Crippen LogP contribution < -0.4 is 27.4 Å². The Labute approximate surface area is 439 Å². The molecule has 0 radical (unpaired) electrons. The fourth-order valence-corrected chi connectivity index (χ4v) is 9.02. The minimum absolute atomic E-state index is 0.00759. The van der Waals surface area contributed by atoms with Crippen LogP contribution in [-0.2, 0) is 57.7 Å². The maximum absolute atomic E-state index is 13.7. The molecule has 18 heteroatoms. The molecule has 5 rings (SSSR count). The second-order valence-electron chi connectivity index (χ2n) is 19.6. The maximum Gasteiger partial charge on any atom is 0.312 e. The van der Waals surface area contributed by atoms with E-state index in [2.05, 4.69) is 39.8 Å². The highest BCUT2D eigenvalue weighted by Crippen LogP contribution is 2.31.